The molecule has 23 heavy (non-hydrogen) atoms. The fourth-order valence-electron chi connectivity index (χ4n) is 3.03. The number of H-pyrrole nitrogens is 1. The number of ether oxygens (including phenoxy) is 1. The van der Waals surface area contributed by atoms with E-state index in [-0.39, 0.29) is 18.0 Å². The van der Waals surface area contributed by atoms with E-state index in [0.717, 1.165) is 11.3 Å². The summed E-state index contributed by atoms with van der Waals surface area (Å²) in [7, 11) is 0. The Morgan fingerprint density at radius 1 is 1.26 bits per heavy atom. The molecule has 0 bridgehead atoms. The minimum Gasteiger partial charge on any atom is -0.447 e. The highest BCUT2D eigenvalue weighted by Crippen LogP contribution is 2.21. The molecule has 2 aliphatic rings. The van der Waals surface area contributed by atoms with E-state index in [9.17, 15) is 9.59 Å². The number of fused-ring (bicyclic) bond motifs is 1. The Bertz CT molecular complexity index is 743. The molecular formula is C16H16N4O3. The van der Waals surface area contributed by atoms with Gasteiger partial charge in [0, 0.05) is 25.2 Å². The molecule has 0 saturated carbocycles. The summed E-state index contributed by atoms with van der Waals surface area (Å²) in [5.74, 6) is -0.0984. The Kier molecular flexibility index (Phi) is 3.25. The summed E-state index contributed by atoms with van der Waals surface area (Å²) >= 11 is 0. The Balaban J connectivity index is 1.50. The van der Waals surface area contributed by atoms with Gasteiger partial charge in [-0.25, -0.2) is 4.79 Å². The molecule has 2 amide bonds. The molecule has 0 radical (unpaired) electrons. The van der Waals surface area contributed by atoms with Gasteiger partial charge in [0.05, 0.1) is 11.7 Å². The minimum absolute atomic E-state index is 0.0447. The van der Waals surface area contributed by atoms with Gasteiger partial charge in [0.2, 0.25) is 0 Å². The minimum atomic E-state index is -0.282. The number of benzene rings is 1. The van der Waals surface area contributed by atoms with Crippen molar-refractivity contribution in [2.24, 2.45) is 0 Å². The van der Waals surface area contributed by atoms with E-state index in [1.54, 1.807) is 15.9 Å². The van der Waals surface area contributed by atoms with E-state index >= 15 is 0 Å². The number of carbonyl (C=O) groups excluding carboxylic acids is 2. The molecule has 4 rings (SSSR count). The molecule has 0 unspecified atom stereocenters. The standard InChI is InChI=1S/C16H16N4O3/c21-15(19-6-7-20-12(9-19)10-23-16(20)22)14-8-13(17-18-14)11-4-2-1-3-5-11/h1-5,8,12H,6-7,9-10H2,(H,17,18)/t12-/m0/s1. The van der Waals surface area contributed by atoms with Gasteiger partial charge in [0.1, 0.15) is 12.3 Å². The molecule has 0 aliphatic carbocycles. The van der Waals surface area contributed by atoms with Gasteiger partial charge in [-0.15, -0.1) is 0 Å². The molecule has 1 N–H and O–H groups in total. The van der Waals surface area contributed by atoms with Crippen LogP contribution in [-0.2, 0) is 4.74 Å². The largest absolute Gasteiger partial charge is 0.447 e. The van der Waals surface area contributed by atoms with E-state index in [1.807, 2.05) is 30.3 Å². The highest BCUT2D eigenvalue weighted by Gasteiger charge is 2.39. The van der Waals surface area contributed by atoms with Crippen molar-refractivity contribution in [3.63, 3.8) is 0 Å². The van der Waals surface area contributed by atoms with Crippen LogP contribution in [0.4, 0.5) is 4.79 Å². The maximum absolute atomic E-state index is 12.6. The molecule has 2 fully saturated rings. The lowest BCUT2D eigenvalue weighted by molar-refractivity contribution is 0.0611. The first-order valence-electron chi connectivity index (χ1n) is 7.56. The third-order valence-electron chi connectivity index (χ3n) is 4.28. The number of aromatic nitrogens is 2. The topological polar surface area (TPSA) is 78.5 Å². The summed E-state index contributed by atoms with van der Waals surface area (Å²) in [6, 6.07) is 11.4. The Hall–Kier alpha value is -2.83. The summed E-state index contributed by atoms with van der Waals surface area (Å²) < 4.78 is 5.02. The number of hydrogen-bond donors (Lipinski definition) is 1. The Labute approximate surface area is 132 Å². The molecule has 118 valence electrons. The second kappa shape index (κ2) is 5.42. The summed E-state index contributed by atoms with van der Waals surface area (Å²) in [4.78, 5) is 27.6. The van der Waals surface area contributed by atoms with Gasteiger partial charge in [0.25, 0.3) is 5.91 Å². The number of aromatic amines is 1. The van der Waals surface area contributed by atoms with Gasteiger partial charge in [-0.2, -0.15) is 5.10 Å². The smallest absolute Gasteiger partial charge is 0.410 e. The molecule has 2 aromatic rings. The van der Waals surface area contributed by atoms with E-state index in [4.69, 9.17) is 4.74 Å². The summed E-state index contributed by atoms with van der Waals surface area (Å²) in [6.45, 7) is 1.85. The summed E-state index contributed by atoms with van der Waals surface area (Å²) in [5, 5.41) is 7.04. The second-order valence-electron chi connectivity index (χ2n) is 5.71. The maximum atomic E-state index is 12.6. The van der Waals surface area contributed by atoms with Gasteiger partial charge >= 0.3 is 6.09 Å². The van der Waals surface area contributed by atoms with Crippen LogP contribution in [-0.4, -0.2) is 64.3 Å². The third-order valence-corrected chi connectivity index (χ3v) is 4.28. The molecule has 1 aromatic carbocycles. The van der Waals surface area contributed by atoms with E-state index in [0.29, 0.717) is 31.9 Å². The molecule has 1 atom stereocenters. The van der Waals surface area contributed by atoms with Crippen molar-refractivity contribution in [3.8, 4) is 11.3 Å². The lowest BCUT2D eigenvalue weighted by Crippen LogP contribution is -2.53. The van der Waals surface area contributed by atoms with Gasteiger partial charge in [-0.05, 0) is 6.07 Å². The zero-order valence-electron chi connectivity index (χ0n) is 12.4. The van der Waals surface area contributed by atoms with Crippen LogP contribution in [0.3, 0.4) is 0 Å². The number of nitrogens with one attached hydrogen (secondary N) is 1. The number of nitrogens with zero attached hydrogens (tertiary/aromatic N) is 3. The van der Waals surface area contributed by atoms with Crippen LogP contribution >= 0.6 is 0 Å². The Morgan fingerprint density at radius 2 is 2.09 bits per heavy atom. The average molecular weight is 312 g/mol. The van der Waals surface area contributed by atoms with Gasteiger partial charge < -0.3 is 9.64 Å². The normalized spacial score (nSPS) is 20.3. The lowest BCUT2D eigenvalue weighted by Gasteiger charge is -2.35. The van der Waals surface area contributed by atoms with Crippen LogP contribution < -0.4 is 0 Å². The fourth-order valence-corrected chi connectivity index (χ4v) is 3.03. The molecule has 0 spiro atoms. The van der Waals surface area contributed by atoms with Crippen LogP contribution in [0.2, 0.25) is 0 Å². The SMILES string of the molecule is O=C(c1cc(-c2ccccc2)n[nH]1)N1CCN2C(=O)OC[C@@H]2C1. The van der Waals surface area contributed by atoms with E-state index < -0.39 is 0 Å². The zero-order valence-corrected chi connectivity index (χ0v) is 12.4. The van der Waals surface area contributed by atoms with Gasteiger partial charge in [-0.1, -0.05) is 30.3 Å². The molecule has 2 aliphatic heterocycles. The summed E-state index contributed by atoms with van der Waals surface area (Å²) in [5.41, 5.74) is 2.16. The molecule has 7 nitrogen and oxygen atoms in total. The van der Waals surface area contributed by atoms with Crippen LogP contribution in [0.25, 0.3) is 11.3 Å². The molecule has 1 aromatic heterocycles. The van der Waals surface area contributed by atoms with Gasteiger partial charge in [-0.3, -0.25) is 14.8 Å². The molecule has 3 heterocycles. The van der Waals surface area contributed by atoms with Crippen molar-refractivity contribution in [2.45, 2.75) is 6.04 Å². The highest BCUT2D eigenvalue weighted by atomic mass is 16.6. The van der Waals surface area contributed by atoms with E-state index in [2.05, 4.69) is 10.2 Å². The van der Waals surface area contributed by atoms with Crippen LogP contribution in [0.5, 0.6) is 0 Å². The van der Waals surface area contributed by atoms with Crippen LogP contribution in [0.15, 0.2) is 36.4 Å². The quantitative estimate of drug-likeness (QED) is 0.908. The van der Waals surface area contributed by atoms with Crippen molar-refractivity contribution < 1.29 is 14.3 Å². The van der Waals surface area contributed by atoms with Crippen molar-refractivity contribution in [3.05, 3.63) is 42.1 Å². The van der Waals surface area contributed by atoms with Crippen LogP contribution in [0.1, 0.15) is 10.5 Å². The Morgan fingerprint density at radius 3 is 2.91 bits per heavy atom. The van der Waals surface area contributed by atoms with Gasteiger partial charge in [0.15, 0.2) is 0 Å². The summed E-state index contributed by atoms with van der Waals surface area (Å²) in [6.07, 6.45) is -0.282. The number of piperazine rings is 1. The lowest BCUT2D eigenvalue weighted by atomic mass is 10.1. The predicted octanol–water partition coefficient (Wildman–Crippen LogP) is 1.35. The van der Waals surface area contributed by atoms with E-state index in [1.165, 1.54) is 0 Å². The maximum Gasteiger partial charge on any atom is 0.410 e. The monoisotopic (exact) mass is 312 g/mol. The second-order valence-corrected chi connectivity index (χ2v) is 5.71. The molecular weight excluding hydrogens is 296 g/mol. The van der Waals surface area contributed by atoms with Crippen LogP contribution in [0, 0.1) is 0 Å². The average Bonchev–Trinajstić information content (AvgIpc) is 3.22. The zero-order chi connectivity index (χ0) is 15.8. The number of rotatable bonds is 2. The van der Waals surface area contributed by atoms with Crippen molar-refractivity contribution in [1.82, 2.24) is 20.0 Å². The molecule has 2 saturated heterocycles. The van der Waals surface area contributed by atoms with Crippen molar-refractivity contribution in [2.75, 3.05) is 26.2 Å². The van der Waals surface area contributed by atoms with Crippen molar-refractivity contribution >= 4 is 12.0 Å². The number of amides is 2. The third kappa shape index (κ3) is 2.44. The first-order valence-corrected chi connectivity index (χ1v) is 7.56. The fraction of sp³-hybridized carbons (Fsp3) is 0.312. The molecule has 7 heteroatoms. The highest BCUT2D eigenvalue weighted by molar-refractivity contribution is 5.93. The van der Waals surface area contributed by atoms with Crippen molar-refractivity contribution in [1.29, 1.82) is 0 Å². The first-order chi connectivity index (χ1) is 11.2. The number of cyclic esters (lactones) is 1. The first kappa shape index (κ1) is 13.8. The number of carbonyl (C=O) groups is 2. The predicted molar refractivity (Wildman–Crippen MR) is 81.8 cm³/mol. The number of hydrogen-bond acceptors (Lipinski definition) is 4.